The smallest absolute Gasteiger partial charge is 0.389 e. The third-order valence-electron chi connectivity index (χ3n) is 6.14. The lowest BCUT2D eigenvalue weighted by atomic mass is 10.0. The number of aliphatic hydroxyl groups is 1. The van der Waals surface area contributed by atoms with Crippen LogP contribution in [0.5, 0.6) is 0 Å². The molecule has 1 saturated carbocycles. The van der Waals surface area contributed by atoms with Crippen LogP contribution in [0.3, 0.4) is 0 Å². The molecule has 40 heavy (non-hydrogen) atoms. The van der Waals surface area contributed by atoms with E-state index in [1.165, 1.54) is 18.6 Å². The van der Waals surface area contributed by atoms with Gasteiger partial charge in [0, 0.05) is 12.1 Å². The number of carbonyl (C=O) groups excluding carboxylic acids is 1. The molecule has 0 bridgehead atoms. The Balaban J connectivity index is 2.13. The van der Waals surface area contributed by atoms with E-state index < -0.39 is 68.8 Å². The Labute approximate surface area is 244 Å². The summed E-state index contributed by atoms with van der Waals surface area (Å²) >= 11 is 13.3. The van der Waals surface area contributed by atoms with Crippen molar-refractivity contribution in [2.75, 3.05) is 6.54 Å². The average Bonchev–Trinajstić information content (AvgIpc) is 3.29. The highest BCUT2D eigenvalue weighted by Crippen LogP contribution is 2.44. The molecular formula is C23H28Cl2F3N3O6S3. The fourth-order valence-corrected chi connectivity index (χ4v) is 9.40. The summed E-state index contributed by atoms with van der Waals surface area (Å²) in [7, 11) is -8.87. The van der Waals surface area contributed by atoms with Gasteiger partial charge in [0.2, 0.25) is 10.0 Å². The summed E-state index contributed by atoms with van der Waals surface area (Å²) in [6.45, 7) is 3.38. The number of rotatable bonds is 9. The van der Waals surface area contributed by atoms with Crippen LogP contribution in [0.4, 0.5) is 13.2 Å². The third-order valence-corrected chi connectivity index (χ3v) is 12.1. The average molecular weight is 667 g/mol. The van der Waals surface area contributed by atoms with E-state index in [2.05, 4.69) is 10.3 Å². The number of nitrogens with one attached hydrogen (secondary N) is 2. The number of carbonyl (C=O) groups is 1. The SMILES string of the molecule is CC(NS(=O)(=O)c1ccc(-c2sc(C(=O)NCC(C)(C)O)nc2S(=O)(=O)C2CCCCC2)c(Cl)c1Cl)C(F)(F)F. The Kier molecular flexibility index (Phi) is 9.92. The molecule has 9 nitrogen and oxygen atoms in total. The van der Waals surface area contributed by atoms with Crippen LogP contribution in [0, 0.1) is 0 Å². The van der Waals surface area contributed by atoms with E-state index in [1.54, 1.807) is 0 Å². The largest absolute Gasteiger partial charge is 0.404 e. The molecule has 1 heterocycles. The molecule has 17 heteroatoms. The van der Waals surface area contributed by atoms with Gasteiger partial charge in [-0.1, -0.05) is 48.5 Å². The molecule has 224 valence electrons. The van der Waals surface area contributed by atoms with Crippen LogP contribution in [0.15, 0.2) is 22.1 Å². The number of aromatic nitrogens is 1. The lowest BCUT2D eigenvalue weighted by Gasteiger charge is -2.21. The molecule has 1 atom stereocenters. The Bertz CT molecular complexity index is 1480. The molecule has 1 aliphatic carbocycles. The monoisotopic (exact) mass is 665 g/mol. The maximum Gasteiger partial charge on any atom is 0.404 e. The Hall–Kier alpha value is -1.49. The fraction of sp³-hybridized carbons (Fsp3) is 0.565. The van der Waals surface area contributed by atoms with Gasteiger partial charge in [0.15, 0.2) is 19.9 Å². The Morgan fingerprint density at radius 1 is 1.12 bits per heavy atom. The van der Waals surface area contributed by atoms with Gasteiger partial charge in [0.05, 0.1) is 25.8 Å². The van der Waals surface area contributed by atoms with Gasteiger partial charge in [-0.15, -0.1) is 11.3 Å². The normalized spacial score (nSPS) is 16.6. The Morgan fingerprint density at radius 2 is 1.73 bits per heavy atom. The predicted octanol–water partition coefficient (Wildman–Crippen LogP) is 4.95. The summed E-state index contributed by atoms with van der Waals surface area (Å²) in [4.78, 5) is 16.1. The topological polar surface area (TPSA) is 143 Å². The van der Waals surface area contributed by atoms with Crippen LogP contribution < -0.4 is 10.0 Å². The van der Waals surface area contributed by atoms with Crippen LogP contribution in [-0.4, -0.2) is 62.4 Å². The van der Waals surface area contributed by atoms with Crippen LogP contribution in [-0.2, 0) is 19.9 Å². The van der Waals surface area contributed by atoms with Crippen molar-refractivity contribution in [1.82, 2.24) is 15.0 Å². The number of sulfonamides is 1. The predicted molar refractivity (Wildman–Crippen MR) is 146 cm³/mol. The molecule has 0 saturated heterocycles. The number of nitrogens with zero attached hydrogens (tertiary/aromatic N) is 1. The molecule has 0 spiro atoms. The zero-order valence-corrected chi connectivity index (χ0v) is 25.6. The first-order valence-electron chi connectivity index (χ1n) is 12.1. The van der Waals surface area contributed by atoms with Crippen molar-refractivity contribution in [2.45, 2.75) is 85.9 Å². The van der Waals surface area contributed by atoms with Crippen molar-refractivity contribution >= 4 is 60.3 Å². The highest BCUT2D eigenvalue weighted by molar-refractivity contribution is 7.92. The molecule has 3 N–H and O–H groups in total. The molecule has 1 aromatic carbocycles. The van der Waals surface area contributed by atoms with E-state index in [0.29, 0.717) is 43.9 Å². The standard InChI is InChI=1S/C23H28Cl2F3N3O6S3/c1-12(23(26,27)28)31-40(36,37)15-10-9-14(16(24)17(15)25)18-21(39(34,35)13-7-5-4-6-8-13)30-20(38-18)19(32)29-11-22(2,3)33/h9-10,12-13,31,33H,4-8,11H2,1-3H3,(H,29,32). The molecule has 1 unspecified atom stereocenters. The minimum Gasteiger partial charge on any atom is -0.389 e. The molecule has 1 aromatic heterocycles. The van der Waals surface area contributed by atoms with E-state index in [4.69, 9.17) is 23.2 Å². The lowest BCUT2D eigenvalue weighted by molar-refractivity contribution is -0.147. The molecule has 0 aliphatic heterocycles. The van der Waals surface area contributed by atoms with Gasteiger partial charge >= 0.3 is 6.18 Å². The number of amides is 1. The Morgan fingerprint density at radius 3 is 2.27 bits per heavy atom. The highest BCUT2D eigenvalue weighted by atomic mass is 35.5. The van der Waals surface area contributed by atoms with Gasteiger partial charge in [0.25, 0.3) is 5.91 Å². The first kappa shape index (κ1) is 33.0. The number of alkyl halides is 3. The van der Waals surface area contributed by atoms with Crippen molar-refractivity contribution in [2.24, 2.45) is 0 Å². The van der Waals surface area contributed by atoms with Crippen LogP contribution >= 0.6 is 34.5 Å². The molecule has 1 fully saturated rings. The first-order chi connectivity index (χ1) is 18.3. The van der Waals surface area contributed by atoms with Gasteiger partial charge in [-0.2, -0.15) is 17.9 Å². The fourth-order valence-electron chi connectivity index (χ4n) is 3.95. The number of hydrogen-bond donors (Lipinski definition) is 3. The lowest BCUT2D eigenvalue weighted by Crippen LogP contribution is -2.43. The van der Waals surface area contributed by atoms with Crippen molar-refractivity contribution in [1.29, 1.82) is 0 Å². The molecule has 0 radical (unpaired) electrons. The number of benzene rings is 1. The summed E-state index contributed by atoms with van der Waals surface area (Å²) in [5.74, 6) is -0.759. The van der Waals surface area contributed by atoms with Crippen molar-refractivity contribution < 1.29 is 39.9 Å². The van der Waals surface area contributed by atoms with Gasteiger partial charge in [-0.3, -0.25) is 4.79 Å². The van der Waals surface area contributed by atoms with Gasteiger partial charge in [0.1, 0.15) is 10.9 Å². The van der Waals surface area contributed by atoms with Crippen LogP contribution in [0.25, 0.3) is 10.4 Å². The van der Waals surface area contributed by atoms with Crippen LogP contribution in [0.1, 0.15) is 62.7 Å². The second-order valence-corrected chi connectivity index (χ2v) is 15.7. The third kappa shape index (κ3) is 7.47. The van der Waals surface area contributed by atoms with E-state index in [0.717, 1.165) is 18.6 Å². The van der Waals surface area contributed by atoms with E-state index in [-0.39, 0.29) is 22.0 Å². The molecule has 1 amide bonds. The van der Waals surface area contributed by atoms with E-state index in [1.807, 2.05) is 0 Å². The summed E-state index contributed by atoms with van der Waals surface area (Å²) in [5, 5.41) is 9.87. The molecule has 3 rings (SSSR count). The minimum absolute atomic E-state index is 0.0668. The second kappa shape index (κ2) is 12.0. The van der Waals surface area contributed by atoms with E-state index >= 15 is 0 Å². The summed E-state index contributed by atoms with van der Waals surface area (Å²) in [5.41, 5.74) is -1.33. The quantitative estimate of drug-likeness (QED) is 0.344. The van der Waals surface area contributed by atoms with Gasteiger partial charge in [-0.05, 0) is 39.7 Å². The zero-order chi connectivity index (χ0) is 30.3. The summed E-state index contributed by atoms with van der Waals surface area (Å²) < 4.78 is 93.0. The highest BCUT2D eigenvalue weighted by Gasteiger charge is 2.40. The molecule has 2 aromatic rings. The van der Waals surface area contributed by atoms with E-state index in [9.17, 15) is 39.9 Å². The van der Waals surface area contributed by atoms with Crippen molar-refractivity contribution in [3.63, 3.8) is 0 Å². The summed E-state index contributed by atoms with van der Waals surface area (Å²) in [6.07, 6.45) is -1.85. The molecular weight excluding hydrogens is 638 g/mol. The van der Waals surface area contributed by atoms with Crippen molar-refractivity contribution in [3.8, 4) is 10.4 Å². The first-order valence-corrected chi connectivity index (χ1v) is 16.7. The number of sulfone groups is 1. The number of hydrogen-bond acceptors (Lipinski definition) is 8. The van der Waals surface area contributed by atoms with Gasteiger partial charge < -0.3 is 10.4 Å². The van der Waals surface area contributed by atoms with Gasteiger partial charge in [-0.25, -0.2) is 21.8 Å². The van der Waals surface area contributed by atoms with Crippen LogP contribution in [0.2, 0.25) is 10.0 Å². The second-order valence-electron chi connectivity index (χ2n) is 10.1. The minimum atomic E-state index is -4.86. The molecule has 1 aliphatic rings. The van der Waals surface area contributed by atoms with Crippen molar-refractivity contribution in [3.05, 3.63) is 27.2 Å². The number of thiazole rings is 1. The maximum atomic E-state index is 13.7. The zero-order valence-electron chi connectivity index (χ0n) is 21.6. The maximum absolute atomic E-state index is 13.7. The number of halogens is 5. The summed E-state index contributed by atoms with van der Waals surface area (Å²) in [6, 6.07) is -0.419.